The molecule has 50 heavy (non-hydrogen) atoms. The van der Waals surface area contributed by atoms with Crippen LogP contribution in [0.25, 0.3) is 99.1 Å². The van der Waals surface area contributed by atoms with Crippen molar-refractivity contribution in [2.45, 2.75) is 0 Å². The van der Waals surface area contributed by atoms with Crippen molar-refractivity contribution >= 4 is 76.2 Å². The molecular formula is C45H27N5. The molecule has 4 heterocycles. The van der Waals surface area contributed by atoms with Crippen LogP contribution in [0.1, 0.15) is 0 Å². The highest BCUT2D eigenvalue weighted by Crippen LogP contribution is 2.40. The predicted molar refractivity (Wildman–Crippen MR) is 206 cm³/mol. The molecule has 7 aromatic carbocycles. The molecule has 0 aliphatic heterocycles. The van der Waals surface area contributed by atoms with Crippen LogP contribution in [0.3, 0.4) is 0 Å². The summed E-state index contributed by atoms with van der Waals surface area (Å²) >= 11 is 0. The zero-order chi connectivity index (χ0) is 32.8. The third kappa shape index (κ3) is 3.86. The number of fused-ring (bicyclic) bond motifs is 10. The Hall–Kier alpha value is -6.85. The van der Waals surface area contributed by atoms with Crippen molar-refractivity contribution in [2.24, 2.45) is 0 Å². The normalized spacial score (nSPS) is 12.0. The number of hydrogen-bond donors (Lipinski definition) is 0. The molecule has 5 nitrogen and oxygen atoms in total. The van der Waals surface area contributed by atoms with Gasteiger partial charge in [-0.1, -0.05) is 109 Å². The molecule has 0 N–H and O–H groups in total. The van der Waals surface area contributed by atoms with E-state index in [1.54, 1.807) is 0 Å². The predicted octanol–water partition coefficient (Wildman–Crippen LogP) is 11.2. The van der Waals surface area contributed by atoms with Crippen LogP contribution in [0.15, 0.2) is 164 Å². The van der Waals surface area contributed by atoms with E-state index in [-0.39, 0.29) is 0 Å². The fraction of sp³-hybridized carbons (Fsp3) is 0. The van der Waals surface area contributed by atoms with Crippen molar-refractivity contribution in [3.63, 3.8) is 0 Å². The lowest BCUT2D eigenvalue weighted by Gasteiger charge is -2.13. The van der Waals surface area contributed by atoms with Gasteiger partial charge in [-0.15, -0.1) is 0 Å². The van der Waals surface area contributed by atoms with Crippen molar-refractivity contribution in [1.82, 2.24) is 24.1 Å². The van der Waals surface area contributed by atoms with E-state index in [2.05, 4.69) is 155 Å². The Bertz CT molecular complexity index is 3150. The highest BCUT2D eigenvalue weighted by Gasteiger charge is 2.21. The van der Waals surface area contributed by atoms with Gasteiger partial charge in [0, 0.05) is 44.4 Å². The van der Waals surface area contributed by atoms with Gasteiger partial charge in [-0.25, -0.2) is 9.97 Å². The molecular weight excluding hydrogens is 611 g/mol. The van der Waals surface area contributed by atoms with Crippen molar-refractivity contribution in [3.8, 4) is 22.9 Å². The molecule has 0 aliphatic carbocycles. The molecule has 0 amide bonds. The van der Waals surface area contributed by atoms with Crippen LogP contribution in [-0.2, 0) is 0 Å². The summed E-state index contributed by atoms with van der Waals surface area (Å²) in [5.74, 6) is 0.621. The first-order valence-corrected chi connectivity index (χ1v) is 16.9. The second-order valence-corrected chi connectivity index (χ2v) is 12.9. The quantitative estimate of drug-likeness (QED) is 0.194. The number of aromatic nitrogens is 5. The Morgan fingerprint density at radius 1 is 0.420 bits per heavy atom. The van der Waals surface area contributed by atoms with Gasteiger partial charge in [0.2, 0.25) is 5.95 Å². The smallest absolute Gasteiger partial charge is 0.235 e. The van der Waals surface area contributed by atoms with Crippen molar-refractivity contribution in [2.75, 3.05) is 0 Å². The number of hydrogen-bond acceptors (Lipinski definition) is 3. The molecule has 0 unspecified atom stereocenters. The molecule has 11 rings (SSSR count). The molecule has 0 saturated heterocycles. The minimum absolute atomic E-state index is 0.621. The van der Waals surface area contributed by atoms with Gasteiger partial charge in [-0.2, -0.15) is 0 Å². The summed E-state index contributed by atoms with van der Waals surface area (Å²) in [6.07, 6.45) is 1.83. The summed E-state index contributed by atoms with van der Waals surface area (Å²) in [5.41, 5.74) is 8.93. The van der Waals surface area contributed by atoms with E-state index in [1.165, 1.54) is 43.2 Å². The molecule has 0 spiro atoms. The topological polar surface area (TPSA) is 48.5 Å². The second-order valence-electron chi connectivity index (χ2n) is 12.9. The van der Waals surface area contributed by atoms with Crippen LogP contribution in [0.5, 0.6) is 0 Å². The number of para-hydroxylation sites is 2. The minimum Gasteiger partial charge on any atom is -0.309 e. The van der Waals surface area contributed by atoms with E-state index in [9.17, 15) is 0 Å². The molecule has 0 fully saturated rings. The molecule has 0 saturated carbocycles. The van der Waals surface area contributed by atoms with Gasteiger partial charge in [0.05, 0.1) is 27.6 Å². The molecule has 5 heteroatoms. The van der Waals surface area contributed by atoms with Crippen molar-refractivity contribution in [3.05, 3.63) is 164 Å². The summed E-state index contributed by atoms with van der Waals surface area (Å²) in [6, 6.07) is 56.0. The summed E-state index contributed by atoms with van der Waals surface area (Å²) in [4.78, 5) is 15.5. The number of benzene rings is 7. The van der Waals surface area contributed by atoms with Gasteiger partial charge in [0.25, 0.3) is 0 Å². The average molecular weight is 638 g/mol. The highest BCUT2D eigenvalue weighted by atomic mass is 15.2. The number of nitrogens with zero attached hydrogens (tertiary/aromatic N) is 5. The standard InChI is InChI=1S/C45H27N5/c1-2-14-32(15-3-1)49-39-19-9-8-17-34(39)35-22-21-31(27-40(35)49)42-43-38(18-10-24-46-43)47-45(48-42)50-41-26-30-13-5-4-12-29(30)25-37(41)36-23-20-28-11-6-7-16-33(28)44(36)50/h1-27H. The Morgan fingerprint density at radius 3 is 2.00 bits per heavy atom. The first-order valence-electron chi connectivity index (χ1n) is 16.9. The lowest BCUT2D eigenvalue weighted by atomic mass is 10.0. The van der Waals surface area contributed by atoms with Gasteiger partial charge < -0.3 is 4.57 Å². The third-order valence-corrected chi connectivity index (χ3v) is 10.1. The van der Waals surface area contributed by atoms with Crippen LogP contribution >= 0.6 is 0 Å². The molecule has 0 bridgehead atoms. The van der Waals surface area contributed by atoms with E-state index in [1.807, 2.05) is 18.3 Å². The Balaban J connectivity index is 1.25. The van der Waals surface area contributed by atoms with Crippen LogP contribution in [-0.4, -0.2) is 24.1 Å². The van der Waals surface area contributed by atoms with Gasteiger partial charge in [0.15, 0.2) is 0 Å². The lowest BCUT2D eigenvalue weighted by Crippen LogP contribution is -2.04. The Morgan fingerprint density at radius 2 is 1.12 bits per heavy atom. The Kier molecular flexibility index (Phi) is 5.60. The molecule has 0 aliphatic rings. The van der Waals surface area contributed by atoms with Crippen LogP contribution in [0.4, 0.5) is 0 Å². The maximum atomic E-state index is 5.44. The zero-order valence-electron chi connectivity index (χ0n) is 26.8. The molecule has 232 valence electrons. The Labute approximate surface area is 286 Å². The van der Waals surface area contributed by atoms with E-state index >= 15 is 0 Å². The average Bonchev–Trinajstić information content (AvgIpc) is 3.69. The van der Waals surface area contributed by atoms with E-state index in [0.717, 1.165) is 49.9 Å². The summed E-state index contributed by atoms with van der Waals surface area (Å²) < 4.78 is 4.60. The van der Waals surface area contributed by atoms with Gasteiger partial charge in [-0.3, -0.25) is 9.55 Å². The summed E-state index contributed by atoms with van der Waals surface area (Å²) in [5, 5.41) is 9.48. The second kappa shape index (κ2) is 10.3. The fourth-order valence-corrected chi connectivity index (χ4v) is 7.90. The van der Waals surface area contributed by atoms with E-state index in [0.29, 0.717) is 5.95 Å². The van der Waals surface area contributed by atoms with E-state index < -0.39 is 0 Å². The monoisotopic (exact) mass is 637 g/mol. The third-order valence-electron chi connectivity index (χ3n) is 10.1. The van der Waals surface area contributed by atoms with Crippen LogP contribution in [0, 0.1) is 0 Å². The SMILES string of the molecule is c1ccc(-n2c3ccccc3c3ccc(-c4nc(-n5c6cc7ccccc7cc6c6ccc7ccccc7c65)nc5cccnc45)cc32)cc1. The largest absolute Gasteiger partial charge is 0.309 e. The summed E-state index contributed by atoms with van der Waals surface area (Å²) in [6.45, 7) is 0. The molecule has 0 atom stereocenters. The van der Waals surface area contributed by atoms with Crippen LogP contribution in [0.2, 0.25) is 0 Å². The number of rotatable bonds is 3. The lowest BCUT2D eigenvalue weighted by molar-refractivity contribution is 1.01. The van der Waals surface area contributed by atoms with Gasteiger partial charge in [0.1, 0.15) is 11.2 Å². The molecule has 4 aromatic heterocycles. The van der Waals surface area contributed by atoms with Crippen molar-refractivity contribution < 1.29 is 0 Å². The van der Waals surface area contributed by atoms with Gasteiger partial charge in [-0.05, 0) is 64.7 Å². The minimum atomic E-state index is 0.621. The highest BCUT2D eigenvalue weighted by molar-refractivity contribution is 6.20. The first-order chi connectivity index (χ1) is 24.8. The first kappa shape index (κ1) is 27.1. The molecule has 11 aromatic rings. The molecule has 0 radical (unpaired) electrons. The van der Waals surface area contributed by atoms with Crippen LogP contribution < -0.4 is 0 Å². The zero-order valence-corrected chi connectivity index (χ0v) is 26.8. The summed E-state index contributed by atoms with van der Waals surface area (Å²) in [7, 11) is 0. The fourth-order valence-electron chi connectivity index (χ4n) is 7.90. The maximum absolute atomic E-state index is 5.44. The maximum Gasteiger partial charge on any atom is 0.235 e. The number of pyridine rings is 1. The van der Waals surface area contributed by atoms with Crippen molar-refractivity contribution in [1.29, 1.82) is 0 Å². The van der Waals surface area contributed by atoms with E-state index in [4.69, 9.17) is 15.0 Å². The van der Waals surface area contributed by atoms with Gasteiger partial charge >= 0.3 is 0 Å².